The molecule has 5 nitrogen and oxygen atoms in total. The maximum Gasteiger partial charge on any atom is 0.435 e. The van der Waals surface area contributed by atoms with Crippen LogP contribution in [0, 0.1) is 0 Å². The van der Waals surface area contributed by atoms with Gasteiger partial charge in [-0.2, -0.15) is 18.3 Å². The van der Waals surface area contributed by atoms with E-state index in [1.807, 2.05) is 6.92 Å². The van der Waals surface area contributed by atoms with Gasteiger partial charge < -0.3 is 5.32 Å². The molecular formula is C22H19F3N4O. The summed E-state index contributed by atoms with van der Waals surface area (Å²) in [7, 11) is 0. The summed E-state index contributed by atoms with van der Waals surface area (Å²) in [5.74, 6) is -0.411. The Balaban J connectivity index is 2.05. The summed E-state index contributed by atoms with van der Waals surface area (Å²) in [6, 6.07) is 15.9. The molecule has 0 atom stereocenters. The number of rotatable bonds is 5. The van der Waals surface area contributed by atoms with Gasteiger partial charge in [-0.3, -0.25) is 4.79 Å². The van der Waals surface area contributed by atoms with Crippen molar-refractivity contribution < 1.29 is 18.0 Å². The topological polar surface area (TPSA) is 59.8 Å². The number of hydrogen-bond donors (Lipinski definition) is 1. The maximum absolute atomic E-state index is 14.0. The summed E-state index contributed by atoms with van der Waals surface area (Å²) in [4.78, 5) is 16.7. The van der Waals surface area contributed by atoms with E-state index in [4.69, 9.17) is 0 Å². The number of carbonyl (C=O) groups is 1. The molecule has 2 aromatic heterocycles. The Bertz CT molecular complexity index is 1220. The van der Waals surface area contributed by atoms with Crippen molar-refractivity contribution in [2.75, 3.05) is 6.54 Å². The van der Waals surface area contributed by atoms with Gasteiger partial charge in [0.25, 0.3) is 0 Å². The lowest BCUT2D eigenvalue weighted by molar-refractivity contribution is -0.140. The molecule has 0 aliphatic heterocycles. The average Bonchev–Trinajstić information content (AvgIpc) is 3.09. The van der Waals surface area contributed by atoms with Crippen LogP contribution in [0.5, 0.6) is 0 Å². The number of carbonyl (C=O) groups excluding carboxylic acids is 1. The molecule has 4 aromatic rings. The van der Waals surface area contributed by atoms with E-state index in [0.29, 0.717) is 28.6 Å². The molecule has 4 rings (SSSR count). The third-order valence-corrected chi connectivity index (χ3v) is 4.77. The SMILES string of the molecule is CCCNC(=O)Cn1nc(C(F)(F)F)c2c(-c3ccccc3)c3ccccc3nc21. The van der Waals surface area contributed by atoms with Crippen molar-refractivity contribution in [2.24, 2.45) is 0 Å². The van der Waals surface area contributed by atoms with Gasteiger partial charge in [-0.25, -0.2) is 9.67 Å². The van der Waals surface area contributed by atoms with Crippen molar-refractivity contribution >= 4 is 27.8 Å². The molecule has 0 saturated carbocycles. The highest BCUT2D eigenvalue weighted by atomic mass is 19.4. The third kappa shape index (κ3) is 3.60. The second-order valence-corrected chi connectivity index (χ2v) is 6.92. The maximum atomic E-state index is 14.0. The molecule has 2 aromatic carbocycles. The Hall–Kier alpha value is -3.42. The van der Waals surface area contributed by atoms with E-state index in [9.17, 15) is 18.0 Å². The van der Waals surface area contributed by atoms with Crippen LogP contribution in [0.15, 0.2) is 54.6 Å². The van der Waals surface area contributed by atoms with Crippen LogP contribution in [-0.4, -0.2) is 27.2 Å². The van der Waals surface area contributed by atoms with E-state index in [1.54, 1.807) is 54.6 Å². The number of amides is 1. The van der Waals surface area contributed by atoms with Gasteiger partial charge in [0, 0.05) is 17.5 Å². The average molecular weight is 412 g/mol. The molecule has 1 N–H and O–H groups in total. The zero-order valence-corrected chi connectivity index (χ0v) is 16.2. The predicted molar refractivity (Wildman–Crippen MR) is 109 cm³/mol. The first-order chi connectivity index (χ1) is 14.4. The molecule has 1 amide bonds. The summed E-state index contributed by atoms with van der Waals surface area (Å²) in [6.45, 7) is 1.99. The number of nitrogens with one attached hydrogen (secondary N) is 1. The van der Waals surface area contributed by atoms with Crippen LogP contribution in [0.4, 0.5) is 13.2 Å². The normalized spacial score (nSPS) is 11.9. The van der Waals surface area contributed by atoms with Crippen LogP contribution < -0.4 is 5.32 Å². The molecule has 0 aliphatic rings. The summed E-state index contributed by atoms with van der Waals surface area (Å²) >= 11 is 0. The number of aromatic nitrogens is 3. The standard InChI is InChI=1S/C22H19F3N4O/c1-2-12-26-17(30)13-29-21-19(20(28-29)22(23,24)25)18(14-8-4-3-5-9-14)15-10-6-7-11-16(15)27-21/h3-11H,2,12-13H2,1H3,(H,26,30). The van der Waals surface area contributed by atoms with E-state index in [-0.39, 0.29) is 17.6 Å². The number of para-hydroxylation sites is 1. The third-order valence-electron chi connectivity index (χ3n) is 4.77. The Morgan fingerprint density at radius 1 is 1.07 bits per heavy atom. The highest BCUT2D eigenvalue weighted by Crippen LogP contribution is 2.41. The summed E-state index contributed by atoms with van der Waals surface area (Å²) in [5, 5.41) is 6.95. The Labute approximate surface area is 170 Å². The molecule has 8 heteroatoms. The zero-order valence-electron chi connectivity index (χ0n) is 16.2. The van der Waals surface area contributed by atoms with Gasteiger partial charge in [0.1, 0.15) is 6.54 Å². The fraction of sp³-hybridized carbons (Fsp3) is 0.227. The van der Waals surface area contributed by atoms with Crippen molar-refractivity contribution in [1.82, 2.24) is 20.1 Å². The summed E-state index contributed by atoms with van der Waals surface area (Å²) in [5.41, 5.74) is 0.558. The van der Waals surface area contributed by atoms with E-state index in [1.165, 1.54) is 0 Å². The van der Waals surface area contributed by atoms with Crippen molar-refractivity contribution in [3.8, 4) is 11.1 Å². The minimum absolute atomic E-state index is 0.0338. The second-order valence-electron chi connectivity index (χ2n) is 6.92. The number of halogens is 3. The van der Waals surface area contributed by atoms with Gasteiger partial charge in [0.15, 0.2) is 11.3 Å². The van der Waals surface area contributed by atoms with Crippen molar-refractivity contribution in [1.29, 1.82) is 0 Å². The van der Waals surface area contributed by atoms with Gasteiger partial charge in [-0.05, 0) is 18.1 Å². The molecule has 0 spiro atoms. The van der Waals surface area contributed by atoms with E-state index in [0.717, 1.165) is 11.1 Å². The van der Waals surface area contributed by atoms with Crippen LogP contribution in [0.2, 0.25) is 0 Å². The highest BCUT2D eigenvalue weighted by molar-refractivity contribution is 6.10. The lowest BCUT2D eigenvalue weighted by atomic mass is 9.97. The lowest BCUT2D eigenvalue weighted by Crippen LogP contribution is -2.28. The Morgan fingerprint density at radius 2 is 1.77 bits per heavy atom. The Kier molecular flexibility index (Phi) is 5.15. The number of nitrogens with zero attached hydrogens (tertiary/aromatic N) is 3. The first-order valence-corrected chi connectivity index (χ1v) is 9.58. The van der Waals surface area contributed by atoms with Crippen molar-refractivity contribution in [3.05, 3.63) is 60.3 Å². The number of pyridine rings is 1. The van der Waals surface area contributed by atoms with Crippen LogP contribution in [-0.2, 0) is 17.5 Å². The number of benzene rings is 2. The van der Waals surface area contributed by atoms with Gasteiger partial charge in [0.2, 0.25) is 5.91 Å². The molecule has 0 fully saturated rings. The quantitative estimate of drug-likeness (QED) is 0.512. The van der Waals surface area contributed by atoms with Gasteiger partial charge in [0.05, 0.1) is 10.9 Å². The molecular weight excluding hydrogens is 393 g/mol. The summed E-state index contributed by atoms with van der Waals surface area (Å²) < 4.78 is 42.9. The minimum atomic E-state index is -4.70. The lowest BCUT2D eigenvalue weighted by Gasteiger charge is -2.11. The first-order valence-electron chi connectivity index (χ1n) is 9.58. The fourth-order valence-electron chi connectivity index (χ4n) is 3.50. The fourth-order valence-corrected chi connectivity index (χ4v) is 3.50. The van der Waals surface area contributed by atoms with Crippen LogP contribution >= 0.6 is 0 Å². The number of fused-ring (bicyclic) bond motifs is 2. The summed E-state index contributed by atoms with van der Waals surface area (Å²) in [6.07, 6.45) is -3.97. The van der Waals surface area contributed by atoms with Gasteiger partial charge >= 0.3 is 6.18 Å². The van der Waals surface area contributed by atoms with Crippen LogP contribution in [0.3, 0.4) is 0 Å². The van der Waals surface area contributed by atoms with Crippen LogP contribution in [0.1, 0.15) is 19.0 Å². The molecule has 2 heterocycles. The smallest absolute Gasteiger partial charge is 0.355 e. The van der Waals surface area contributed by atoms with Gasteiger partial charge in [-0.15, -0.1) is 0 Å². The van der Waals surface area contributed by atoms with E-state index in [2.05, 4.69) is 15.4 Å². The second kappa shape index (κ2) is 7.78. The van der Waals surface area contributed by atoms with E-state index < -0.39 is 17.8 Å². The molecule has 0 saturated heterocycles. The molecule has 154 valence electrons. The van der Waals surface area contributed by atoms with Crippen molar-refractivity contribution in [3.63, 3.8) is 0 Å². The Morgan fingerprint density at radius 3 is 2.47 bits per heavy atom. The zero-order chi connectivity index (χ0) is 21.3. The molecule has 30 heavy (non-hydrogen) atoms. The molecule has 0 unspecified atom stereocenters. The monoisotopic (exact) mass is 412 g/mol. The minimum Gasteiger partial charge on any atom is -0.355 e. The van der Waals surface area contributed by atoms with E-state index >= 15 is 0 Å². The highest BCUT2D eigenvalue weighted by Gasteiger charge is 2.39. The van der Waals surface area contributed by atoms with Gasteiger partial charge in [-0.1, -0.05) is 55.5 Å². The largest absolute Gasteiger partial charge is 0.435 e. The molecule has 0 bridgehead atoms. The van der Waals surface area contributed by atoms with Crippen LogP contribution in [0.25, 0.3) is 33.1 Å². The van der Waals surface area contributed by atoms with Crippen molar-refractivity contribution in [2.45, 2.75) is 26.1 Å². The molecule has 0 radical (unpaired) electrons. The number of hydrogen-bond acceptors (Lipinski definition) is 3. The molecule has 0 aliphatic carbocycles. The first kappa shape index (κ1) is 19.9. The number of alkyl halides is 3. The predicted octanol–water partition coefficient (Wildman–Crippen LogP) is 4.80.